The number of dihydropyridines is 1. The van der Waals surface area contributed by atoms with E-state index in [1.165, 1.54) is 7.11 Å². The SMILES string of the molecule is COCCS(=O)(=O)C1=CC2=C(Oc3ccc(CC(=O)Nc4cnn(C(C)(C)C)c4)cc3C)C=CNC2C=C1. The van der Waals surface area contributed by atoms with E-state index in [1.807, 2.05) is 62.8 Å². The van der Waals surface area contributed by atoms with E-state index in [2.05, 4.69) is 15.7 Å². The maximum atomic E-state index is 12.7. The van der Waals surface area contributed by atoms with Crippen molar-refractivity contribution in [2.24, 2.45) is 0 Å². The van der Waals surface area contributed by atoms with Gasteiger partial charge in [0.1, 0.15) is 11.5 Å². The molecule has 1 aromatic heterocycles. The van der Waals surface area contributed by atoms with Gasteiger partial charge in [-0.3, -0.25) is 9.48 Å². The Morgan fingerprint density at radius 2 is 2.03 bits per heavy atom. The first-order valence-corrected chi connectivity index (χ1v) is 14.0. The van der Waals surface area contributed by atoms with Gasteiger partial charge in [0.25, 0.3) is 0 Å². The summed E-state index contributed by atoms with van der Waals surface area (Å²) in [6.07, 6.45) is 12.3. The first-order chi connectivity index (χ1) is 18.0. The van der Waals surface area contributed by atoms with Gasteiger partial charge in [0.2, 0.25) is 5.91 Å². The van der Waals surface area contributed by atoms with Gasteiger partial charge in [0, 0.05) is 25.1 Å². The van der Waals surface area contributed by atoms with E-state index >= 15 is 0 Å². The molecule has 0 spiro atoms. The van der Waals surface area contributed by atoms with Crippen LogP contribution in [0.3, 0.4) is 0 Å². The lowest BCUT2D eigenvalue weighted by molar-refractivity contribution is -0.115. The number of aryl methyl sites for hydroxylation is 1. The quantitative estimate of drug-likeness (QED) is 0.500. The number of anilines is 1. The van der Waals surface area contributed by atoms with Gasteiger partial charge in [-0.1, -0.05) is 18.2 Å². The van der Waals surface area contributed by atoms with E-state index in [-0.39, 0.29) is 41.2 Å². The molecule has 1 unspecified atom stereocenters. The standard InChI is InChI=1S/C28H34N4O5S/c1-19-14-20(15-27(33)31-21-17-30-32(18-21)28(2,3)4)6-9-25(19)37-26-10-11-29-24-8-7-22(16-23(24)26)38(34,35)13-12-36-5/h6-11,14,16-18,24,29H,12-13,15H2,1-5H3,(H,31,33). The molecule has 2 aliphatic rings. The first-order valence-electron chi connectivity index (χ1n) is 12.4. The Hall–Kier alpha value is -3.63. The second-order valence-electron chi connectivity index (χ2n) is 10.3. The van der Waals surface area contributed by atoms with Gasteiger partial charge in [0.05, 0.1) is 47.2 Å². The second-order valence-corrected chi connectivity index (χ2v) is 12.4. The lowest BCUT2D eigenvalue weighted by Gasteiger charge is -2.26. The van der Waals surface area contributed by atoms with E-state index in [1.54, 1.807) is 30.6 Å². The van der Waals surface area contributed by atoms with Crippen molar-refractivity contribution in [3.8, 4) is 5.75 Å². The third-order valence-corrected chi connectivity index (χ3v) is 7.85. The summed E-state index contributed by atoms with van der Waals surface area (Å²) in [4.78, 5) is 12.8. The van der Waals surface area contributed by atoms with Crippen LogP contribution in [0.5, 0.6) is 5.75 Å². The highest BCUT2D eigenvalue weighted by molar-refractivity contribution is 7.95. The molecule has 202 valence electrons. The molecule has 2 N–H and O–H groups in total. The topological polar surface area (TPSA) is 112 Å². The molecular weight excluding hydrogens is 504 g/mol. The molecule has 9 nitrogen and oxygen atoms in total. The fourth-order valence-electron chi connectivity index (χ4n) is 4.08. The van der Waals surface area contributed by atoms with Crippen LogP contribution in [0.1, 0.15) is 31.9 Å². The summed E-state index contributed by atoms with van der Waals surface area (Å²) in [5.74, 6) is 0.952. The van der Waals surface area contributed by atoms with E-state index < -0.39 is 9.84 Å². The first kappa shape index (κ1) is 27.4. The summed E-state index contributed by atoms with van der Waals surface area (Å²) in [6, 6.07) is 5.40. The molecule has 0 saturated carbocycles. The van der Waals surface area contributed by atoms with Gasteiger partial charge in [-0.25, -0.2) is 8.42 Å². The van der Waals surface area contributed by atoms with Crippen molar-refractivity contribution in [2.45, 2.75) is 45.7 Å². The van der Waals surface area contributed by atoms with Crippen molar-refractivity contribution in [3.05, 3.63) is 88.5 Å². The van der Waals surface area contributed by atoms with Crippen molar-refractivity contribution in [1.29, 1.82) is 0 Å². The minimum absolute atomic E-state index is 0.0931. The van der Waals surface area contributed by atoms with Crippen LogP contribution < -0.4 is 15.4 Å². The van der Waals surface area contributed by atoms with Crippen LogP contribution in [0, 0.1) is 6.92 Å². The van der Waals surface area contributed by atoms with Gasteiger partial charge in [0.15, 0.2) is 9.84 Å². The number of methoxy groups -OCH3 is 1. The predicted molar refractivity (Wildman–Crippen MR) is 147 cm³/mol. The van der Waals surface area contributed by atoms with Crippen LogP contribution >= 0.6 is 0 Å². The Kier molecular flexibility index (Phi) is 7.94. The molecule has 0 fully saturated rings. The molecule has 38 heavy (non-hydrogen) atoms. The Morgan fingerprint density at radius 3 is 2.71 bits per heavy atom. The van der Waals surface area contributed by atoms with Crippen molar-refractivity contribution >= 4 is 21.4 Å². The Bertz CT molecular complexity index is 1440. The number of aromatic nitrogens is 2. The maximum absolute atomic E-state index is 12.7. The molecule has 2 heterocycles. The Labute approximate surface area is 223 Å². The minimum Gasteiger partial charge on any atom is -0.457 e. The molecular formula is C28H34N4O5S. The van der Waals surface area contributed by atoms with Gasteiger partial charge in [-0.15, -0.1) is 0 Å². The molecule has 1 aliphatic heterocycles. The van der Waals surface area contributed by atoms with Gasteiger partial charge in [-0.05, 0) is 63.1 Å². The number of rotatable bonds is 9. The van der Waals surface area contributed by atoms with Crippen LogP contribution in [-0.4, -0.2) is 49.6 Å². The van der Waals surface area contributed by atoms with Crippen molar-refractivity contribution < 1.29 is 22.7 Å². The van der Waals surface area contributed by atoms with Crippen molar-refractivity contribution in [2.75, 3.05) is 24.8 Å². The molecule has 1 aromatic carbocycles. The summed E-state index contributed by atoms with van der Waals surface area (Å²) in [6.45, 7) is 8.16. The molecule has 10 heteroatoms. The number of allylic oxidation sites excluding steroid dienone is 2. The zero-order chi connectivity index (χ0) is 27.5. The number of nitrogens with one attached hydrogen (secondary N) is 2. The number of carbonyl (C=O) groups excluding carboxylic acids is 1. The molecule has 1 amide bonds. The van der Waals surface area contributed by atoms with Gasteiger partial charge < -0.3 is 20.1 Å². The summed E-state index contributed by atoms with van der Waals surface area (Å²) in [5.41, 5.74) is 2.92. The van der Waals surface area contributed by atoms with E-state index in [0.29, 0.717) is 17.2 Å². The average molecular weight is 539 g/mol. The predicted octanol–water partition coefficient (Wildman–Crippen LogP) is 3.76. The number of hydrogen-bond acceptors (Lipinski definition) is 7. The summed E-state index contributed by atoms with van der Waals surface area (Å²) < 4.78 is 38.4. The fourth-order valence-corrected chi connectivity index (χ4v) is 5.29. The van der Waals surface area contributed by atoms with E-state index in [0.717, 1.165) is 16.7 Å². The van der Waals surface area contributed by atoms with Crippen molar-refractivity contribution in [3.63, 3.8) is 0 Å². The highest BCUT2D eigenvalue weighted by Crippen LogP contribution is 2.30. The summed E-state index contributed by atoms with van der Waals surface area (Å²) in [7, 11) is -2.01. The number of carbonyl (C=O) groups is 1. The highest BCUT2D eigenvalue weighted by atomic mass is 32.2. The number of ether oxygens (including phenoxy) is 2. The average Bonchev–Trinajstić information content (AvgIpc) is 3.33. The summed E-state index contributed by atoms with van der Waals surface area (Å²) in [5, 5.41) is 10.4. The number of nitrogens with zero attached hydrogens (tertiary/aromatic N) is 2. The third kappa shape index (κ3) is 6.43. The summed E-state index contributed by atoms with van der Waals surface area (Å²) >= 11 is 0. The number of sulfone groups is 1. The normalized spacial score (nSPS) is 17.1. The smallest absolute Gasteiger partial charge is 0.228 e. The fraction of sp³-hybridized carbons (Fsp3) is 0.357. The van der Waals surface area contributed by atoms with Crippen LogP contribution in [0.15, 0.2) is 77.3 Å². The van der Waals surface area contributed by atoms with E-state index in [9.17, 15) is 13.2 Å². The number of fused-ring (bicyclic) bond motifs is 1. The highest BCUT2D eigenvalue weighted by Gasteiger charge is 2.26. The van der Waals surface area contributed by atoms with Gasteiger partial charge >= 0.3 is 0 Å². The molecule has 1 aliphatic carbocycles. The Morgan fingerprint density at radius 1 is 1.24 bits per heavy atom. The monoisotopic (exact) mass is 538 g/mol. The van der Waals surface area contributed by atoms with Crippen LogP contribution in [0.25, 0.3) is 0 Å². The van der Waals surface area contributed by atoms with Crippen molar-refractivity contribution in [1.82, 2.24) is 15.1 Å². The zero-order valence-corrected chi connectivity index (χ0v) is 23.1. The second kappa shape index (κ2) is 11.0. The third-order valence-electron chi connectivity index (χ3n) is 6.17. The lowest BCUT2D eigenvalue weighted by Crippen LogP contribution is -2.31. The molecule has 0 saturated heterocycles. The molecule has 2 aromatic rings. The van der Waals surface area contributed by atoms with Crippen LogP contribution in [-0.2, 0) is 31.3 Å². The zero-order valence-electron chi connectivity index (χ0n) is 22.3. The molecule has 1 atom stereocenters. The minimum atomic E-state index is -3.48. The number of benzene rings is 1. The van der Waals surface area contributed by atoms with Gasteiger partial charge in [-0.2, -0.15) is 5.10 Å². The maximum Gasteiger partial charge on any atom is 0.228 e. The number of hydrogen-bond donors (Lipinski definition) is 2. The van der Waals surface area contributed by atoms with E-state index in [4.69, 9.17) is 9.47 Å². The van der Waals surface area contributed by atoms with Crippen LogP contribution in [0.2, 0.25) is 0 Å². The largest absolute Gasteiger partial charge is 0.457 e. The lowest BCUT2D eigenvalue weighted by atomic mass is 9.98. The molecule has 4 rings (SSSR count). The van der Waals surface area contributed by atoms with Crippen LogP contribution in [0.4, 0.5) is 5.69 Å². The molecule has 0 bridgehead atoms. The number of amides is 1. The Balaban J connectivity index is 1.48. The molecule has 0 radical (unpaired) electrons.